The summed E-state index contributed by atoms with van der Waals surface area (Å²) in [6, 6.07) is 4.96. The van der Waals surface area contributed by atoms with Crippen LogP contribution < -0.4 is 4.74 Å². The number of benzene rings is 1. The molecule has 0 amide bonds. The van der Waals surface area contributed by atoms with E-state index in [0.29, 0.717) is 17.1 Å². The lowest BCUT2D eigenvalue weighted by atomic mass is 10.1. The number of aliphatic carboxylic acids is 2. The van der Waals surface area contributed by atoms with Gasteiger partial charge in [0.15, 0.2) is 9.84 Å². The predicted molar refractivity (Wildman–Crippen MR) is 126 cm³/mol. The fourth-order valence-electron chi connectivity index (χ4n) is 3.24. The van der Waals surface area contributed by atoms with Crippen LogP contribution in [0.15, 0.2) is 28.0 Å². The third-order valence-corrected chi connectivity index (χ3v) is 7.39. The lowest BCUT2D eigenvalue weighted by Crippen LogP contribution is -2.05. The summed E-state index contributed by atoms with van der Waals surface area (Å²) < 4.78 is 30.1. The molecule has 0 aromatic heterocycles. The fourth-order valence-corrected chi connectivity index (χ4v) is 5.67. The Morgan fingerprint density at radius 1 is 0.844 bits per heavy atom. The highest BCUT2D eigenvalue weighted by Gasteiger charge is 2.18. The molecule has 0 aliphatic rings. The molecule has 0 spiro atoms. The number of hydrogen-bond donors (Lipinski definition) is 2. The van der Waals surface area contributed by atoms with Gasteiger partial charge in [-0.2, -0.15) is 0 Å². The van der Waals surface area contributed by atoms with Gasteiger partial charge in [-0.3, -0.25) is 9.59 Å². The van der Waals surface area contributed by atoms with E-state index in [1.54, 1.807) is 18.2 Å². The average molecular weight is 489 g/mol. The summed E-state index contributed by atoms with van der Waals surface area (Å²) in [5.74, 6) is -0.330. The molecule has 1 aromatic rings. The summed E-state index contributed by atoms with van der Waals surface area (Å²) in [6.45, 7) is 0.226. The second-order valence-electron chi connectivity index (χ2n) is 7.88. The standard InChI is InChI=1S/C23H36O7S2/c1-32(28,29)20-14-11-13-19(30-17-12-16-22(26)27)23(20)31-18-10-8-6-4-2-3-5-7-9-15-21(24)25/h11,13-14H,2-10,12,15-18H2,1H3,(H,24,25)(H,26,27). The number of rotatable bonds is 19. The lowest BCUT2D eigenvalue weighted by Gasteiger charge is -2.14. The van der Waals surface area contributed by atoms with Crippen LogP contribution in [-0.2, 0) is 19.4 Å². The number of carboxylic acids is 2. The van der Waals surface area contributed by atoms with Gasteiger partial charge in [-0.05, 0) is 37.1 Å². The van der Waals surface area contributed by atoms with Crippen molar-refractivity contribution in [2.45, 2.75) is 86.8 Å². The van der Waals surface area contributed by atoms with Crippen LogP contribution in [0.2, 0.25) is 0 Å². The highest BCUT2D eigenvalue weighted by molar-refractivity contribution is 8.00. The van der Waals surface area contributed by atoms with E-state index in [-0.39, 0.29) is 24.3 Å². The molecule has 0 radical (unpaired) electrons. The number of ether oxygens (including phenoxy) is 1. The molecule has 32 heavy (non-hydrogen) atoms. The van der Waals surface area contributed by atoms with Gasteiger partial charge >= 0.3 is 11.9 Å². The first-order chi connectivity index (χ1) is 15.2. The minimum atomic E-state index is -3.40. The molecule has 1 aromatic carbocycles. The van der Waals surface area contributed by atoms with Gasteiger partial charge in [-0.25, -0.2) is 8.42 Å². The zero-order valence-electron chi connectivity index (χ0n) is 18.9. The molecular weight excluding hydrogens is 452 g/mol. The van der Waals surface area contributed by atoms with Crippen molar-refractivity contribution < 1.29 is 33.0 Å². The van der Waals surface area contributed by atoms with Gasteiger partial charge < -0.3 is 14.9 Å². The van der Waals surface area contributed by atoms with Crippen LogP contribution in [0.1, 0.15) is 77.0 Å². The number of thioether (sulfide) groups is 1. The smallest absolute Gasteiger partial charge is 0.303 e. The first-order valence-electron chi connectivity index (χ1n) is 11.2. The largest absolute Gasteiger partial charge is 0.492 e. The molecule has 1 rings (SSSR count). The molecule has 0 heterocycles. The third kappa shape index (κ3) is 13.0. The Bertz CT molecular complexity index is 807. The van der Waals surface area contributed by atoms with Crippen LogP contribution in [0.5, 0.6) is 5.75 Å². The Morgan fingerprint density at radius 3 is 1.94 bits per heavy atom. The molecule has 0 fully saturated rings. The van der Waals surface area contributed by atoms with E-state index in [4.69, 9.17) is 14.9 Å². The van der Waals surface area contributed by atoms with Gasteiger partial charge in [0.1, 0.15) is 5.75 Å². The normalized spacial score (nSPS) is 11.4. The average Bonchev–Trinajstić information content (AvgIpc) is 2.71. The SMILES string of the molecule is CS(=O)(=O)c1cccc(OCCCC(=O)O)c1SCCCCCCCCCCCC(=O)O. The number of sulfone groups is 1. The zero-order valence-corrected chi connectivity index (χ0v) is 20.5. The van der Waals surface area contributed by atoms with E-state index in [9.17, 15) is 18.0 Å². The van der Waals surface area contributed by atoms with E-state index in [1.165, 1.54) is 18.0 Å². The van der Waals surface area contributed by atoms with Crippen molar-refractivity contribution in [3.8, 4) is 5.75 Å². The van der Waals surface area contributed by atoms with Crippen molar-refractivity contribution in [2.75, 3.05) is 18.6 Å². The van der Waals surface area contributed by atoms with Crippen LogP contribution in [0.3, 0.4) is 0 Å². The summed E-state index contributed by atoms with van der Waals surface area (Å²) in [7, 11) is -3.40. The second-order valence-corrected chi connectivity index (χ2v) is 11.0. The van der Waals surface area contributed by atoms with Crippen LogP contribution >= 0.6 is 11.8 Å². The third-order valence-electron chi connectivity index (χ3n) is 4.92. The maximum absolute atomic E-state index is 12.2. The van der Waals surface area contributed by atoms with Crippen LogP contribution in [0.25, 0.3) is 0 Å². The number of carbonyl (C=O) groups is 2. The molecule has 0 bridgehead atoms. The minimum Gasteiger partial charge on any atom is -0.492 e. The molecule has 0 saturated carbocycles. The van der Waals surface area contributed by atoms with Crippen LogP contribution in [0.4, 0.5) is 0 Å². The molecule has 0 aliphatic heterocycles. The van der Waals surface area contributed by atoms with E-state index in [2.05, 4.69) is 0 Å². The zero-order chi connectivity index (χ0) is 23.8. The van der Waals surface area contributed by atoms with E-state index in [1.807, 2.05) is 0 Å². The molecule has 2 N–H and O–H groups in total. The molecule has 9 heteroatoms. The minimum absolute atomic E-state index is 0.0105. The maximum atomic E-state index is 12.2. The monoisotopic (exact) mass is 488 g/mol. The predicted octanol–water partition coefficient (Wildman–Crippen LogP) is 5.41. The topological polar surface area (TPSA) is 118 Å². The van der Waals surface area contributed by atoms with Crippen molar-refractivity contribution in [3.63, 3.8) is 0 Å². The molecule has 0 aliphatic carbocycles. The van der Waals surface area contributed by atoms with E-state index >= 15 is 0 Å². The number of unbranched alkanes of at least 4 members (excludes halogenated alkanes) is 8. The first-order valence-corrected chi connectivity index (χ1v) is 14.1. The second kappa shape index (κ2) is 16.0. The van der Waals surface area contributed by atoms with Crippen molar-refractivity contribution >= 4 is 33.5 Å². The number of hydrogen-bond acceptors (Lipinski definition) is 6. The maximum Gasteiger partial charge on any atom is 0.303 e. The number of carboxylic acid groups (broad SMARTS) is 2. The Labute approximate surface area is 195 Å². The summed E-state index contributed by atoms with van der Waals surface area (Å²) >= 11 is 1.48. The Kier molecular flexibility index (Phi) is 14.1. The van der Waals surface area contributed by atoms with Gasteiger partial charge in [-0.15, -0.1) is 11.8 Å². The summed E-state index contributed by atoms with van der Waals surface area (Å²) in [6.07, 6.45) is 11.3. The van der Waals surface area contributed by atoms with E-state index in [0.717, 1.165) is 63.5 Å². The molecule has 7 nitrogen and oxygen atoms in total. The van der Waals surface area contributed by atoms with Crippen LogP contribution in [0, 0.1) is 0 Å². The highest BCUT2D eigenvalue weighted by Crippen LogP contribution is 2.36. The summed E-state index contributed by atoms with van der Waals surface area (Å²) in [5, 5.41) is 17.4. The van der Waals surface area contributed by atoms with Crippen molar-refractivity contribution in [1.82, 2.24) is 0 Å². The van der Waals surface area contributed by atoms with Gasteiger partial charge in [0.25, 0.3) is 0 Å². The van der Waals surface area contributed by atoms with Crippen molar-refractivity contribution in [3.05, 3.63) is 18.2 Å². The lowest BCUT2D eigenvalue weighted by molar-refractivity contribution is -0.138. The molecular formula is C23H36O7S2. The molecule has 182 valence electrons. The molecule has 0 saturated heterocycles. The van der Waals surface area contributed by atoms with Crippen molar-refractivity contribution in [1.29, 1.82) is 0 Å². The first kappa shape index (κ1) is 28.3. The van der Waals surface area contributed by atoms with Gasteiger partial charge in [-0.1, -0.05) is 51.0 Å². The van der Waals surface area contributed by atoms with E-state index < -0.39 is 21.8 Å². The quantitative estimate of drug-likeness (QED) is 0.196. The van der Waals surface area contributed by atoms with Gasteiger partial charge in [0.2, 0.25) is 0 Å². The Hall–Kier alpha value is -1.74. The van der Waals surface area contributed by atoms with Gasteiger partial charge in [0, 0.05) is 19.1 Å². The summed E-state index contributed by atoms with van der Waals surface area (Å²) in [5.41, 5.74) is 0. The fraction of sp³-hybridized carbons (Fsp3) is 0.652. The van der Waals surface area contributed by atoms with Crippen LogP contribution in [-0.4, -0.2) is 49.2 Å². The molecule has 0 atom stereocenters. The Morgan fingerprint density at radius 2 is 1.38 bits per heavy atom. The summed E-state index contributed by atoms with van der Waals surface area (Å²) in [4.78, 5) is 22.0. The highest BCUT2D eigenvalue weighted by atomic mass is 32.2. The van der Waals surface area contributed by atoms with Crippen molar-refractivity contribution in [2.24, 2.45) is 0 Å². The van der Waals surface area contributed by atoms with Gasteiger partial charge in [0.05, 0.1) is 16.4 Å². The molecule has 0 unspecified atom stereocenters. The Balaban J connectivity index is 2.37.